The molecule has 0 aromatic heterocycles. The van der Waals surface area contributed by atoms with Crippen LogP contribution in [0.2, 0.25) is 0 Å². The van der Waals surface area contributed by atoms with Gasteiger partial charge in [-0.25, -0.2) is 0 Å². The predicted molar refractivity (Wildman–Crippen MR) is 79.0 cm³/mol. The maximum atomic E-state index is 11.6. The van der Waals surface area contributed by atoms with E-state index in [1.165, 1.54) is 25.2 Å². The molecule has 6 nitrogen and oxygen atoms in total. The number of nitrogens with zero attached hydrogens (tertiary/aromatic N) is 1. The van der Waals surface area contributed by atoms with Gasteiger partial charge in [0, 0.05) is 25.2 Å². The van der Waals surface area contributed by atoms with Gasteiger partial charge < -0.3 is 10.6 Å². The molecule has 0 radical (unpaired) electrons. The van der Waals surface area contributed by atoms with Gasteiger partial charge in [-0.05, 0) is 24.0 Å². The minimum absolute atomic E-state index is 0.0198. The lowest BCUT2D eigenvalue weighted by atomic mass is 9.98. The van der Waals surface area contributed by atoms with Crippen LogP contribution in [-0.2, 0) is 0 Å². The first-order valence-electron chi connectivity index (χ1n) is 6.61. The van der Waals surface area contributed by atoms with Gasteiger partial charge in [0.2, 0.25) is 0 Å². The quantitative estimate of drug-likeness (QED) is 0.619. The van der Waals surface area contributed by atoms with Gasteiger partial charge in [-0.2, -0.15) is 0 Å². The van der Waals surface area contributed by atoms with Crippen LogP contribution >= 0.6 is 0 Å². The van der Waals surface area contributed by atoms with Crippen molar-refractivity contribution in [2.45, 2.75) is 20.8 Å². The van der Waals surface area contributed by atoms with Gasteiger partial charge in [-0.3, -0.25) is 14.9 Å². The van der Waals surface area contributed by atoms with Crippen LogP contribution in [0.4, 0.5) is 11.4 Å². The summed E-state index contributed by atoms with van der Waals surface area (Å²) in [6, 6.07) is 4.32. The van der Waals surface area contributed by atoms with E-state index in [4.69, 9.17) is 0 Å². The number of carbonyl (C=O) groups excluding carboxylic acids is 1. The lowest BCUT2D eigenvalue weighted by Crippen LogP contribution is -2.19. The molecule has 0 saturated heterocycles. The molecule has 1 rings (SSSR count). The van der Waals surface area contributed by atoms with Crippen molar-refractivity contribution in [2.24, 2.45) is 11.8 Å². The highest BCUT2D eigenvalue weighted by Crippen LogP contribution is 2.26. The van der Waals surface area contributed by atoms with E-state index in [-0.39, 0.29) is 11.6 Å². The van der Waals surface area contributed by atoms with Crippen molar-refractivity contribution in [1.82, 2.24) is 5.32 Å². The Labute approximate surface area is 118 Å². The van der Waals surface area contributed by atoms with Crippen molar-refractivity contribution in [3.63, 3.8) is 0 Å². The van der Waals surface area contributed by atoms with Gasteiger partial charge in [0.1, 0.15) is 5.69 Å². The standard InChI is InChI=1S/C14H21N3O3/c1-9(2)10(3)8-16-12-7-11(14(18)15-4)5-6-13(12)17(19)20/h5-7,9-10,16H,8H2,1-4H3,(H,15,18). The van der Waals surface area contributed by atoms with E-state index in [0.717, 1.165) is 0 Å². The molecule has 20 heavy (non-hydrogen) atoms. The molecule has 0 aliphatic carbocycles. The molecule has 6 heteroatoms. The van der Waals surface area contributed by atoms with Crippen molar-refractivity contribution in [3.05, 3.63) is 33.9 Å². The monoisotopic (exact) mass is 279 g/mol. The molecule has 110 valence electrons. The summed E-state index contributed by atoms with van der Waals surface area (Å²) < 4.78 is 0. The van der Waals surface area contributed by atoms with Gasteiger partial charge >= 0.3 is 0 Å². The second-order valence-corrected chi connectivity index (χ2v) is 5.17. The SMILES string of the molecule is CNC(=O)c1ccc([N+](=O)[O-])c(NCC(C)C(C)C)c1. The van der Waals surface area contributed by atoms with Crippen LogP contribution in [0.3, 0.4) is 0 Å². The summed E-state index contributed by atoms with van der Waals surface area (Å²) in [7, 11) is 1.53. The van der Waals surface area contributed by atoms with Crippen LogP contribution in [0.15, 0.2) is 18.2 Å². The van der Waals surface area contributed by atoms with Crippen molar-refractivity contribution in [2.75, 3.05) is 18.9 Å². The van der Waals surface area contributed by atoms with Crippen LogP contribution in [0, 0.1) is 22.0 Å². The minimum atomic E-state index is -0.448. The van der Waals surface area contributed by atoms with E-state index in [1.807, 2.05) is 0 Å². The second kappa shape index (κ2) is 6.88. The molecule has 1 aromatic carbocycles. The van der Waals surface area contributed by atoms with Crippen LogP contribution < -0.4 is 10.6 Å². The van der Waals surface area contributed by atoms with E-state index in [0.29, 0.717) is 29.6 Å². The predicted octanol–water partition coefficient (Wildman–Crippen LogP) is 2.66. The molecule has 0 spiro atoms. The van der Waals surface area contributed by atoms with Gasteiger partial charge in [0.05, 0.1) is 4.92 Å². The van der Waals surface area contributed by atoms with E-state index in [9.17, 15) is 14.9 Å². The number of carbonyl (C=O) groups is 1. The average molecular weight is 279 g/mol. The van der Waals surface area contributed by atoms with E-state index in [1.54, 1.807) is 0 Å². The van der Waals surface area contributed by atoms with Crippen LogP contribution in [0.1, 0.15) is 31.1 Å². The summed E-state index contributed by atoms with van der Waals surface area (Å²) in [4.78, 5) is 22.2. The molecule has 0 saturated carbocycles. The normalized spacial score (nSPS) is 12.1. The maximum Gasteiger partial charge on any atom is 0.292 e. The fourth-order valence-corrected chi connectivity index (χ4v) is 1.63. The number of rotatable bonds is 6. The molecule has 0 heterocycles. The number of benzene rings is 1. The summed E-state index contributed by atoms with van der Waals surface area (Å²) in [5.74, 6) is 0.585. The number of anilines is 1. The van der Waals surface area contributed by atoms with E-state index < -0.39 is 4.92 Å². The Kier molecular flexibility index (Phi) is 5.49. The number of hydrogen-bond acceptors (Lipinski definition) is 4. The Hall–Kier alpha value is -2.11. The zero-order valence-electron chi connectivity index (χ0n) is 12.3. The summed E-state index contributed by atoms with van der Waals surface area (Å²) >= 11 is 0. The lowest BCUT2D eigenvalue weighted by Gasteiger charge is -2.17. The zero-order chi connectivity index (χ0) is 15.3. The van der Waals surface area contributed by atoms with E-state index in [2.05, 4.69) is 31.4 Å². The highest BCUT2D eigenvalue weighted by atomic mass is 16.6. The number of hydrogen-bond donors (Lipinski definition) is 2. The third kappa shape index (κ3) is 3.94. The Morgan fingerprint density at radius 2 is 2.00 bits per heavy atom. The van der Waals surface area contributed by atoms with Crippen LogP contribution in [0.5, 0.6) is 0 Å². The minimum Gasteiger partial charge on any atom is -0.379 e. The summed E-state index contributed by atoms with van der Waals surface area (Å²) in [6.45, 7) is 6.89. The lowest BCUT2D eigenvalue weighted by molar-refractivity contribution is -0.384. The zero-order valence-corrected chi connectivity index (χ0v) is 12.3. The van der Waals surface area contributed by atoms with Gasteiger partial charge in [0.25, 0.3) is 11.6 Å². The summed E-state index contributed by atoms with van der Waals surface area (Å²) in [5.41, 5.74) is 0.759. The molecule has 0 bridgehead atoms. The number of amides is 1. The summed E-state index contributed by atoms with van der Waals surface area (Å²) in [6.07, 6.45) is 0. The maximum absolute atomic E-state index is 11.6. The molecule has 1 atom stereocenters. The fourth-order valence-electron chi connectivity index (χ4n) is 1.63. The van der Waals surface area contributed by atoms with Gasteiger partial charge in [0.15, 0.2) is 0 Å². The molecule has 2 N–H and O–H groups in total. The van der Waals surface area contributed by atoms with Crippen LogP contribution in [-0.4, -0.2) is 24.4 Å². The third-order valence-electron chi connectivity index (χ3n) is 3.44. The molecule has 0 aliphatic heterocycles. The van der Waals surface area contributed by atoms with Crippen LogP contribution in [0.25, 0.3) is 0 Å². The van der Waals surface area contributed by atoms with Gasteiger partial charge in [-0.15, -0.1) is 0 Å². The molecular weight excluding hydrogens is 258 g/mol. The highest BCUT2D eigenvalue weighted by Gasteiger charge is 2.17. The van der Waals surface area contributed by atoms with Gasteiger partial charge in [-0.1, -0.05) is 20.8 Å². The Bertz CT molecular complexity index is 500. The Morgan fingerprint density at radius 3 is 2.50 bits per heavy atom. The molecule has 1 aromatic rings. The topological polar surface area (TPSA) is 84.3 Å². The Balaban J connectivity index is 3.00. The smallest absolute Gasteiger partial charge is 0.292 e. The number of nitrogens with one attached hydrogen (secondary N) is 2. The number of nitro groups is 1. The van der Waals surface area contributed by atoms with E-state index >= 15 is 0 Å². The third-order valence-corrected chi connectivity index (χ3v) is 3.44. The first kappa shape index (κ1) is 15.9. The molecule has 0 aliphatic rings. The summed E-state index contributed by atoms with van der Waals surface area (Å²) in [5, 5.41) is 16.6. The fraction of sp³-hybridized carbons (Fsp3) is 0.500. The molecular formula is C14H21N3O3. The van der Waals surface area contributed by atoms with Crippen molar-refractivity contribution in [3.8, 4) is 0 Å². The average Bonchev–Trinajstić information content (AvgIpc) is 2.43. The van der Waals surface area contributed by atoms with Crippen molar-refractivity contribution >= 4 is 17.3 Å². The van der Waals surface area contributed by atoms with Crippen molar-refractivity contribution in [1.29, 1.82) is 0 Å². The largest absolute Gasteiger partial charge is 0.379 e. The Morgan fingerprint density at radius 1 is 1.35 bits per heavy atom. The highest BCUT2D eigenvalue weighted by molar-refractivity contribution is 5.95. The number of nitro benzene ring substituents is 1. The molecule has 0 fully saturated rings. The molecule has 1 unspecified atom stereocenters. The second-order valence-electron chi connectivity index (χ2n) is 5.17. The first-order valence-corrected chi connectivity index (χ1v) is 6.61. The first-order chi connectivity index (χ1) is 9.36. The molecule has 1 amide bonds. The van der Waals surface area contributed by atoms with Crippen molar-refractivity contribution < 1.29 is 9.72 Å².